The lowest BCUT2D eigenvalue weighted by Crippen LogP contribution is -2.71. The van der Waals surface area contributed by atoms with Crippen LogP contribution in [0.25, 0.3) is 0 Å². The lowest BCUT2D eigenvalue weighted by Gasteiger charge is -2.51. The van der Waals surface area contributed by atoms with Gasteiger partial charge in [0, 0.05) is 27.7 Å². The summed E-state index contributed by atoms with van der Waals surface area (Å²) in [6, 6.07) is -6.84. The summed E-state index contributed by atoms with van der Waals surface area (Å²) < 4.78 is 76.7. The first-order valence-electron chi connectivity index (χ1n) is 28.5. The third-order valence-electron chi connectivity index (χ3n) is 16.1. The van der Waals surface area contributed by atoms with Gasteiger partial charge in [-0.15, -0.1) is 0 Å². The van der Waals surface area contributed by atoms with Crippen LogP contribution in [0.4, 0.5) is 0 Å². The van der Waals surface area contributed by atoms with Crippen LogP contribution < -0.4 is 21.3 Å². The van der Waals surface area contributed by atoms with Gasteiger partial charge in [0.15, 0.2) is 44.0 Å². The largest absolute Gasteiger partial charge is 0.394 e. The number of ether oxygens (including phenoxy) is 13. The molecular formula is C50H84N4O35. The lowest BCUT2D eigenvalue weighted by molar-refractivity contribution is -0.385. The van der Waals surface area contributed by atoms with Gasteiger partial charge in [-0.2, -0.15) is 0 Å². The van der Waals surface area contributed by atoms with Crippen LogP contribution in [0.3, 0.4) is 0 Å². The minimum Gasteiger partial charge on any atom is -0.394 e. The highest BCUT2D eigenvalue weighted by Crippen LogP contribution is 2.38. The van der Waals surface area contributed by atoms with Crippen molar-refractivity contribution in [1.29, 1.82) is 0 Å². The fraction of sp³-hybridized carbons (Fsp3) is 0.920. The number of nitrogens with one attached hydrogen (secondary N) is 4. The summed E-state index contributed by atoms with van der Waals surface area (Å²) in [7, 11) is 0. The van der Waals surface area contributed by atoms with Crippen molar-refractivity contribution in [3.8, 4) is 0 Å². The van der Waals surface area contributed by atoms with Gasteiger partial charge in [-0.3, -0.25) is 19.2 Å². The fourth-order valence-corrected chi connectivity index (χ4v) is 11.4. The van der Waals surface area contributed by atoms with E-state index in [9.17, 15) is 111 Å². The van der Waals surface area contributed by atoms with Crippen molar-refractivity contribution in [1.82, 2.24) is 21.3 Å². The Kier molecular flexibility index (Phi) is 26.0. The molecule has 0 aromatic rings. The molecule has 0 aromatic heterocycles. The van der Waals surface area contributed by atoms with Crippen molar-refractivity contribution in [2.45, 2.75) is 249 Å². The second-order valence-electron chi connectivity index (χ2n) is 22.5. The summed E-state index contributed by atoms with van der Waals surface area (Å²) in [4.78, 5) is 50.2. The van der Waals surface area contributed by atoms with Gasteiger partial charge in [-0.25, -0.2) is 0 Å². The van der Waals surface area contributed by atoms with E-state index in [4.69, 9.17) is 61.6 Å². The van der Waals surface area contributed by atoms with Gasteiger partial charge in [0.2, 0.25) is 23.6 Å². The molecule has 514 valence electrons. The second kappa shape index (κ2) is 31.7. The zero-order valence-corrected chi connectivity index (χ0v) is 48.4. The molecule has 7 aliphatic heterocycles. The van der Waals surface area contributed by atoms with Crippen LogP contribution in [0.1, 0.15) is 34.6 Å². The predicted molar refractivity (Wildman–Crippen MR) is 277 cm³/mol. The normalized spacial score (nSPS) is 48.0. The van der Waals surface area contributed by atoms with Crippen LogP contribution >= 0.6 is 0 Å². The summed E-state index contributed by atoms with van der Waals surface area (Å²) in [6.45, 7) is -0.588. The van der Waals surface area contributed by atoms with Gasteiger partial charge < -0.3 is 175 Å². The summed E-state index contributed by atoms with van der Waals surface area (Å²) >= 11 is 0. The SMILES string of the molecule is CC(=O)N[C@H]1[C@H](O[C@H]2[C@@H](O)[C@@H](CO)O[C@@H](O[C@H]3[C@H](O[C@@H]4O[C@@H](C)[C@@H](O)[C@@H](O)[C@@H]4O)[C@@H](NC(C)=O)[C@H](OC[C@H]4OC(O)[C@H](NC(C)=O)[C@@H](O[C@@H]5O[C@H](CO)[C@H](O)[C@H](O[C@@H]6O[C@H](CO)[C@H](O)[C@H](O)[C@H]6NC(C)=O)[C@H]5O)[C@H]4O)O[C@@H]3CO)[C@@H]2O)O[C@H](CO)[C@H](O)[C@@H]1O. The quantitative estimate of drug-likeness (QED) is 0.0479. The number of hydrogen-bond acceptors (Lipinski definition) is 35. The molecule has 89 heavy (non-hydrogen) atoms. The smallest absolute Gasteiger partial charge is 0.217 e. The second-order valence-corrected chi connectivity index (χ2v) is 22.5. The molecule has 4 amide bonds. The van der Waals surface area contributed by atoms with Crippen molar-refractivity contribution in [2.24, 2.45) is 0 Å². The molecule has 0 spiro atoms. The van der Waals surface area contributed by atoms with Gasteiger partial charge in [-0.1, -0.05) is 0 Å². The maximum absolute atomic E-state index is 13.2. The molecule has 7 fully saturated rings. The Labute approximate surface area is 505 Å². The van der Waals surface area contributed by atoms with Crippen LogP contribution in [0.2, 0.25) is 0 Å². The number of carbonyl (C=O) groups excluding carboxylic acids is 4. The number of aliphatic hydroxyl groups excluding tert-OH is 18. The van der Waals surface area contributed by atoms with Gasteiger partial charge in [0.05, 0.1) is 45.7 Å². The number of amides is 4. The summed E-state index contributed by atoms with van der Waals surface area (Å²) in [5, 5.41) is 207. The minimum atomic E-state index is -2.24. The first-order valence-corrected chi connectivity index (χ1v) is 28.5. The number of hydrogen-bond donors (Lipinski definition) is 22. The van der Waals surface area contributed by atoms with Gasteiger partial charge in [0.1, 0.15) is 165 Å². The molecule has 35 atom stereocenters. The zero-order valence-electron chi connectivity index (χ0n) is 48.4. The minimum absolute atomic E-state index is 0.770. The average molecular weight is 1300 g/mol. The molecule has 39 nitrogen and oxygen atoms in total. The van der Waals surface area contributed by atoms with Crippen LogP contribution in [0, 0.1) is 0 Å². The standard InChI is InChI=1S/C50H84N4O35/c1-12-27(64)35(72)36(73)48(78-12)87-41-26(54-16(5)63)45(84-21(10-59)39(41)85-49-37(74)42(30(67)19(8-57)82-49)88-46-23(51-13(2)60)33(70)28(65)17(6-55)80-46)77-11-22-32(69)40(25(44(76)79-22)53-15(4)62)86-50-38(75)43(31(68)20(9-58)83-50)89-47-24(52-14(3)61)34(71)29(66)18(7-56)81-47/h12,17-50,55-59,64-76H,6-11H2,1-5H3,(H,51,60)(H,52,61)(H,53,62)(H,54,63)/t12-,17+,18+,19+,20+,21+,22+,23+,24+,25+,26+,27+,28-,29-,30-,31-,32-,33+,34+,35+,36-,37+,38+,39+,40+,41+,42-,43-,44?,45+,46-,47-,48-,49-,50-/m0/s1. The highest BCUT2D eigenvalue weighted by molar-refractivity contribution is 5.74. The van der Waals surface area contributed by atoms with Crippen molar-refractivity contribution >= 4 is 23.6 Å². The molecule has 1 unspecified atom stereocenters. The first-order chi connectivity index (χ1) is 42.0. The Hall–Kier alpha value is -3.36. The number of rotatable bonds is 22. The monoisotopic (exact) mass is 1300 g/mol. The van der Waals surface area contributed by atoms with Crippen molar-refractivity contribution in [2.75, 3.05) is 39.6 Å². The molecule has 7 saturated heterocycles. The number of aliphatic hydroxyl groups is 18. The van der Waals surface area contributed by atoms with Crippen LogP contribution in [0.15, 0.2) is 0 Å². The van der Waals surface area contributed by atoms with E-state index in [2.05, 4.69) is 21.3 Å². The molecule has 39 heteroatoms. The van der Waals surface area contributed by atoms with E-state index in [0.717, 1.165) is 27.7 Å². The summed E-state index contributed by atoms with van der Waals surface area (Å²) in [5.74, 6) is -3.29. The van der Waals surface area contributed by atoms with Crippen molar-refractivity contribution in [3.05, 3.63) is 0 Å². The molecule has 0 saturated carbocycles. The Balaban J connectivity index is 1.18. The molecule has 0 radical (unpaired) electrons. The van der Waals surface area contributed by atoms with Gasteiger partial charge in [0.25, 0.3) is 0 Å². The number of carbonyl (C=O) groups is 4. The van der Waals surface area contributed by atoms with Crippen LogP contribution in [0.5, 0.6) is 0 Å². The fourth-order valence-electron chi connectivity index (χ4n) is 11.4. The van der Waals surface area contributed by atoms with E-state index < -0.39 is 278 Å². The van der Waals surface area contributed by atoms with E-state index in [0.29, 0.717) is 0 Å². The zero-order chi connectivity index (χ0) is 65.8. The summed E-state index contributed by atoms with van der Waals surface area (Å²) in [5.41, 5.74) is 0. The van der Waals surface area contributed by atoms with Crippen molar-refractivity contribution in [3.63, 3.8) is 0 Å². The Bertz CT molecular complexity index is 2290. The van der Waals surface area contributed by atoms with Crippen LogP contribution in [-0.2, 0) is 80.8 Å². The molecule has 7 rings (SSSR count). The predicted octanol–water partition coefficient (Wildman–Crippen LogP) is -14.7. The molecule has 22 N–H and O–H groups in total. The van der Waals surface area contributed by atoms with E-state index in [1.165, 1.54) is 6.92 Å². The average Bonchev–Trinajstić information content (AvgIpc) is 1.51. The van der Waals surface area contributed by atoms with E-state index >= 15 is 0 Å². The third-order valence-corrected chi connectivity index (χ3v) is 16.1. The third kappa shape index (κ3) is 16.4. The van der Waals surface area contributed by atoms with Gasteiger partial charge in [-0.05, 0) is 6.92 Å². The Morgan fingerprint density at radius 1 is 0.315 bits per heavy atom. The topological polar surface area (TPSA) is 601 Å². The Morgan fingerprint density at radius 3 is 1.10 bits per heavy atom. The van der Waals surface area contributed by atoms with Gasteiger partial charge >= 0.3 is 0 Å². The maximum atomic E-state index is 13.2. The first kappa shape index (κ1) is 73.1. The van der Waals surface area contributed by atoms with E-state index in [1.54, 1.807) is 0 Å². The molecule has 7 heterocycles. The van der Waals surface area contributed by atoms with Crippen molar-refractivity contribution < 1.29 is 173 Å². The molecule has 0 aliphatic carbocycles. The molecule has 0 aromatic carbocycles. The molecule has 0 bridgehead atoms. The highest BCUT2D eigenvalue weighted by atomic mass is 16.8. The Morgan fingerprint density at radius 2 is 0.663 bits per heavy atom. The van der Waals surface area contributed by atoms with E-state index in [1.807, 2.05) is 0 Å². The summed E-state index contributed by atoms with van der Waals surface area (Å²) in [6.07, 6.45) is -59.1. The molecule has 7 aliphatic rings. The lowest BCUT2D eigenvalue weighted by atomic mass is 9.93. The van der Waals surface area contributed by atoms with Crippen LogP contribution in [-0.4, -0.2) is 370 Å². The maximum Gasteiger partial charge on any atom is 0.217 e. The van der Waals surface area contributed by atoms with E-state index in [-0.39, 0.29) is 0 Å². The molecular weight excluding hydrogens is 1220 g/mol. The highest BCUT2D eigenvalue weighted by Gasteiger charge is 2.59.